The van der Waals surface area contributed by atoms with Gasteiger partial charge in [0.2, 0.25) is 0 Å². The second kappa shape index (κ2) is 6.33. The van der Waals surface area contributed by atoms with Crippen LogP contribution in [0.4, 0.5) is 8.78 Å². The zero-order valence-corrected chi connectivity index (χ0v) is 11.7. The summed E-state index contributed by atoms with van der Waals surface area (Å²) in [4.78, 5) is 23.3. The summed E-state index contributed by atoms with van der Waals surface area (Å²) in [5.41, 5.74) is -0.605. The quantitative estimate of drug-likeness (QED) is 0.837. The van der Waals surface area contributed by atoms with E-state index < -0.39 is 28.8 Å². The average molecular weight is 296 g/mol. The Labute approximate surface area is 122 Å². The lowest BCUT2D eigenvalue weighted by atomic mass is 9.68. The molecule has 0 bridgehead atoms. The first kappa shape index (κ1) is 15.6. The van der Waals surface area contributed by atoms with Crippen LogP contribution in [0.5, 0.6) is 0 Å². The Bertz CT molecular complexity index is 528. The van der Waals surface area contributed by atoms with Crippen molar-refractivity contribution in [2.75, 3.05) is 0 Å². The lowest BCUT2D eigenvalue weighted by molar-refractivity contribution is -0.140. The van der Waals surface area contributed by atoms with Crippen molar-refractivity contribution in [3.8, 4) is 0 Å². The molecule has 0 amide bonds. The van der Waals surface area contributed by atoms with Crippen LogP contribution in [0.3, 0.4) is 0 Å². The van der Waals surface area contributed by atoms with Crippen LogP contribution in [-0.4, -0.2) is 16.9 Å². The van der Waals surface area contributed by atoms with E-state index in [4.69, 9.17) is 5.11 Å². The van der Waals surface area contributed by atoms with Crippen LogP contribution in [0.25, 0.3) is 0 Å². The first-order chi connectivity index (χ1) is 9.90. The first-order valence-corrected chi connectivity index (χ1v) is 7.11. The highest BCUT2D eigenvalue weighted by Gasteiger charge is 2.36. The van der Waals surface area contributed by atoms with E-state index in [0.717, 1.165) is 31.4 Å². The van der Waals surface area contributed by atoms with E-state index in [2.05, 4.69) is 0 Å². The van der Waals surface area contributed by atoms with Crippen LogP contribution in [0.1, 0.15) is 55.3 Å². The maximum atomic E-state index is 13.2. The molecule has 1 saturated carbocycles. The number of benzene rings is 1. The molecule has 114 valence electrons. The second-order valence-corrected chi connectivity index (χ2v) is 5.89. The molecule has 0 radical (unpaired) electrons. The summed E-state index contributed by atoms with van der Waals surface area (Å²) in [6, 6.07) is 2.72. The number of aliphatic carboxylic acids is 1. The van der Waals surface area contributed by atoms with Gasteiger partial charge in [0.25, 0.3) is 0 Å². The van der Waals surface area contributed by atoms with Gasteiger partial charge in [-0.25, -0.2) is 8.78 Å². The first-order valence-electron chi connectivity index (χ1n) is 7.11. The van der Waals surface area contributed by atoms with Gasteiger partial charge in [-0.15, -0.1) is 0 Å². The molecule has 0 aliphatic heterocycles. The molecule has 1 aromatic rings. The zero-order valence-electron chi connectivity index (χ0n) is 11.7. The fourth-order valence-corrected chi connectivity index (χ4v) is 3.20. The normalized spacial score (nSPS) is 17.4. The maximum absolute atomic E-state index is 13.2. The smallest absolute Gasteiger partial charge is 0.303 e. The van der Waals surface area contributed by atoms with Gasteiger partial charge in [0.1, 0.15) is 11.6 Å². The topological polar surface area (TPSA) is 54.4 Å². The Hall–Kier alpha value is -1.78. The third-order valence-corrected chi connectivity index (χ3v) is 4.16. The van der Waals surface area contributed by atoms with Gasteiger partial charge in [0, 0.05) is 18.1 Å². The molecular formula is C16H18F2O3. The monoisotopic (exact) mass is 296 g/mol. The molecule has 1 N–H and O–H groups in total. The molecule has 0 aromatic heterocycles. The van der Waals surface area contributed by atoms with Crippen LogP contribution in [0, 0.1) is 17.0 Å². The van der Waals surface area contributed by atoms with Crippen molar-refractivity contribution < 1.29 is 23.5 Å². The molecule has 5 heteroatoms. The fraction of sp³-hybridized carbons (Fsp3) is 0.500. The number of ketones is 1. The molecular weight excluding hydrogens is 278 g/mol. The van der Waals surface area contributed by atoms with Crippen molar-refractivity contribution in [1.29, 1.82) is 0 Å². The van der Waals surface area contributed by atoms with Gasteiger partial charge in [-0.05, 0) is 30.4 Å². The standard InChI is InChI=1S/C16H18F2O3/c17-12-6-11(7-13(18)8-12)14(19)9-16(10-15(20)21)4-2-1-3-5-16/h6-8H,1-5,9-10H2,(H,20,21). The molecule has 21 heavy (non-hydrogen) atoms. The number of carboxylic acids is 1. The van der Waals surface area contributed by atoms with Crippen LogP contribution in [0.15, 0.2) is 18.2 Å². The Morgan fingerprint density at radius 3 is 2.10 bits per heavy atom. The second-order valence-electron chi connectivity index (χ2n) is 5.89. The van der Waals surface area contributed by atoms with E-state index in [1.165, 1.54) is 0 Å². The number of carbonyl (C=O) groups excluding carboxylic acids is 1. The van der Waals surface area contributed by atoms with E-state index in [0.29, 0.717) is 18.9 Å². The SMILES string of the molecule is O=C(O)CC1(CC(=O)c2cc(F)cc(F)c2)CCCCC1. The van der Waals surface area contributed by atoms with Gasteiger partial charge in [-0.1, -0.05) is 19.3 Å². The molecule has 1 fully saturated rings. The summed E-state index contributed by atoms with van der Waals surface area (Å²) in [5, 5.41) is 9.07. The summed E-state index contributed by atoms with van der Waals surface area (Å²) in [5.74, 6) is -2.92. The predicted octanol–water partition coefficient (Wildman–Crippen LogP) is 3.96. The number of hydrogen-bond acceptors (Lipinski definition) is 2. The van der Waals surface area contributed by atoms with Crippen LogP contribution < -0.4 is 0 Å². The molecule has 1 aliphatic rings. The van der Waals surface area contributed by atoms with Gasteiger partial charge >= 0.3 is 5.97 Å². The molecule has 0 heterocycles. The average Bonchev–Trinajstić information content (AvgIpc) is 2.37. The van der Waals surface area contributed by atoms with Crippen molar-refractivity contribution in [2.24, 2.45) is 5.41 Å². The van der Waals surface area contributed by atoms with Crippen molar-refractivity contribution in [1.82, 2.24) is 0 Å². The highest BCUT2D eigenvalue weighted by atomic mass is 19.1. The Morgan fingerprint density at radius 2 is 1.57 bits per heavy atom. The van der Waals surface area contributed by atoms with Crippen molar-refractivity contribution in [3.63, 3.8) is 0 Å². The lowest BCUT2D eigenvalue weighted by Gasteiger charge is -2.35. The maximum Gasteiger partial charge on any atom is 0.303 e. The molecule has 0 unspecified atom stereocenters. The summed E-state index contributed by atoms with van der Waals surface area (Å²) in [7, 11) is 0. The molecule has 0 spiro atoms. The molecule has 0 atom stereocenters. The number of carbonyl (C=O) groups is 2. The van der Waals surface area contributed by atoms with E-state index in [1.807, 2.05) is 0 Å². The van der Waals surface area contributed by atoms with E-state index in [-0.39, 0.29) is 18.4 Å². The van der Waals surface area contributed by atoms with Crippen molar-refractivity contribution in [2.45, 2.75) is 44.9 Å². The third kappa shape index (κ3) is 4.09. The fourth-order valence-electron chi connectivity index (χ4n) is 3.20. The summed E-state index contributed by atoms with van der Waals surface area (Å²) in [6.07, 6.45) is 4.10. The summed E-state index contributed by atoms with van der Waals surface area (Å²) >= 11 is 0. The van der Waals surface area contributed by atoms with E-state index >= 15 is 0 Å². The predicted molar refractivity (Wildman–Crippen MR) is 73.1 cm³/mol. The number of Topliss-reactive ketones (excluding diaryl/α,β-unsaturated/α-hetero) is 1. The zero-order chi connectivity index (χ0) is 15.5. The highest BCUT2D eigenvalue weighted by molar-refractivity contribution is 5.96. The molecule has 2 rings (SSSR count). The number of rotatable bonds is 5. The van der Waals surface area contributed by atoms with Gasteiger partial charge in [0.15, 0.2) is 5.78 Å². The summed E-state index contributed by atoms with van der Waals surface area (Å²) < 4.78 is 26.4. The number of hydrogen-bond donors (Lipinski definition) is 1. The molecule has 1 aromatic carbocycles. The van der Waals surface area contributed by atoms with E-state index in [9.17, 15) is 18.4 Å². The molecule has 3 nitrogen and oxygen atoms in total. The third-order valence-electron chi connectivity index (χ3n) is 4.16. The minimum absolute atomic E-state index is 0.0252. The van der Waals surface area contributed by atoms with E-state index in [1.54, 1.807) is 0 Å². The number of carboxylic acid groups (broad SMARTS) is 1. The summed E-state index contributed by atoms with van der Waals surface area (Å²) in [6.45, 7) is 0. The van der Waals surface area contributed by atoms with Gasteiger partial charge < -0.3 is 5.11 Å². The number of halogens is 2. The Kier molecular flexibility index (Phi) is 4.70. The Morgan fingerprint density at radius 1 is 1.00 bits per heavy atom. The van der Waals surface area contributed by atoms with Crippen LogP contribution >= 0.6 is 0 Å². The minimum atomic E-state index is -0.935. The lowest BCUT2D eigenvalue weighted by Crippen LogP contribution is -2.30. The highest BCUT2D eigenvalue weighted by Crippen LogP contribution is 2.43. The largest absolute Gasteiger partial charge is 0.481 e. The minimum Gasteiger partial charge on any atom is -0.481 e. The van der Waals surface area contributed by atoms with Gasteiger partial charge in [-0.2, -0.15) is 0 Å². The van der Waals surface area contributed by atoms with Gasteiger partial charge in [0.05, 0.1) is 6.42 Å². The van der Waals surface area contributed by atoms with Crippen molar-refractivity contribution in [3.05, 3.63) is 35.4 Å². The Balaban J connectivity index is 2.19. The van der Waals surface area contributed by atoms with Gasteiger partial charge in [-0.3, -0.25) is 9.59 Å². The van der Waals surface area contributed by atoms with Crippen LogP contribution in [-0.2, 0) is 4.79 Å². The molecule has 0 saturated heterocycles. The van der Waals surface area contributed by atoms with Crippen LogP contribution in [0.2, 0.25) is 0 Å². The van der Waals surface area contributed by atoms with Crippen molar-refractivity contribution >= 4 is 11.8 Å². The molecule has 1 aliphatic carbocycles.